The van der Waals surface area contributed by atoms with Crippen molar-refractivity contribution >= 4 is 28.2 Å². The van der Waals surface area contributed by atoms with Crippen molar-refractivity contribution in [2.24, 2.45) is 5.92 Å². The van der Waals surface area contributed by atoms with Crippen LogP contribution in [0.15, 0.2) is 29.8 Å². The number of amides is 1. The lowest BCUT2D eigenvalue weighted by molar-refractivity contribution is 0.0692. The van der Waals surface area contributed by atoms with Gasteiger partial charge < -0.3 is 10.2 Å². The van der Waals surface area contributed by atoms with Crippen LogP contribution in [-0.2, 0) is 0 Å². The predicted octanol–water partition coefficient (Wildman–Crippen LogP) is 3.15. The molecule has 1 aliphatic heterocycles. The van der Waals surface area contributed by atoms with E-state index in [2.05, 4.69) is 22.2 Å². The summed E-state index contributed by atoms with van der Waals surface area (Å²) in [4.78, 5) is 22.9. The largest absolute Gasteiger partial charge is 0.337 e. The Morgan fingerprint density at radius 3 is 2.90 bits per heavy atom. The van der Waals surface area contributed by atoms with Gasteiger partial charge in [0.1, 0.15) is 11.5 Å². The van der Waals surface area contributed by atoms with E-state index in [1.807, 2.05) is 28.5 Å². The lowest BCUT2D eigenvalue weighted by Crippen LogP contribution is -2.38. The summed E-state index contributed by atoms with van der Waals surface area (Å²) in [7, 11) is 0. The van der Waals surface area contributed by atoms with Crippen LogP contribution >= 0.6 is 11.3 Å². The number of nitrogens with zero attached hydrogens (tertiary/aromatic N) is 3. The summed E-state index contributed by atoms with van der Waals surface area (Å²) in [5.41, 5.74) is 0.521. The molecule has 3 rings (SSSR count). The number of carbonyl (C=O) groups excluding carboxylic acids is 1. The molecular weight excluding hydrogens is 284 g/mol. The number of thiazole rings is 1. The van der Waals surface area contributed by atoms with E-state index in [9.17, 15) is 4.79 Å². The van der Waals surface area contributed by atoms with Crippen LogP contribution in [0.2, 0.25) is 0 Å². The number of carbonyl (C=O) groups is 1. The second kappa shape index (κ2) is 6.22. The van der Waals surface area contributed by atoms with Crippen LogP contribution < -0.4 is 5.32 Å². The van der Waals surface area contributed by atoms with Gasteiger partial charge in [-0.2, -0.15) is 0 Å². The Kier molecular flexibility index (Phi) is 4.15. The molecule has 0 bridgehead atoms. The highest BCUT2D eigenvalue weighted by atomic mass is 32.1. The number of hydrogen-bond donors (Lipinski definition) is 1. The van der Waals surface area contributed by atoms with E-state index >= 15 is 0 Å². The molecule has 1 N–H and O–H groups in total. The number of nitrogens with one attached hydrogen (secondary N) is 1. The Bertz CT molecular complexity index is 605. The third-order valence-electron chi connectivity index (χ3n) is 3.69. The van der Waals surface area contributed by atoms with Gasteiger partial charge in [0, 0.05) is 24.7 Å². The Balaban J connectivity index is 1.66. The fourth-order valence-electron chi connectivity index (χ4n) is 2.35. The first-order valence-electron chi connectivity index (χ1n) is 7.15. The van der Waals surface area contributed by atoms with Crippen LogP contribution in [0.25, 0.3) is 0 Å². The summed E-state index contributed by atoms with van der Waals surface area (Å²) in [6, 6.07) is 5.64. The molecule has 2 aromatic heterocycles. The summed E-state index contributed by atoms with van der Waals surface area (Å²) in [5, 5.41) is 5.62. The van der Waals surface area contributed by atoms with E-state index in [0.717, 1.165) is 31.7 Å². The molecule has 21 heavy (non-hydrogen) atoms. The van der Waals surface area contributed by atoms with Crippen molar-refractivity contribution in [1.29, 1.82) is 0 Å². The zero-order valence-electron chi connectivity index (χ0n) is 12.0. The van der Waals surface area contributed by atoms with Crippen molar-refractivity contribution in [2.75, 3.05) is 18.4 Å². The van der Waals surface area contributed by atoms with Gasteiger partial charge in [-0.3, -0.25) is 4.79 Å². The molecule has 110 valence electrons. The molecule has 0 aromatic carbocycles. The minimum absolute atomic E-state index is 0.0345. The van der Waals surface area contributed by atoms with Crippen molar-refractivity contribution in [3.63, 3.8) is 0 Å². The van der Waals surface area contributed by atoms with Crippen LogP contribution in [-0.4, -0.2) is 33.9 Å². The van der Waals surface area contributed by atoms with Gasteiger partial charge in [0.2, 0.25) is 0 Å². The molecule has 1 saturated heterocycles. The molecule has 0 unspecified atom stereocenters. The number of pyridine rings is 1. The minimum Gasteiger partial charge on any atom is -0.337 e. The number of rotatable bonds is 3. The van der Waals surface area contributed by atoms with Gasteiger partial charge in [0.05, 0.1) is 0 Å². The average Bonchev–Trinajstić information content (AvgIpc) is 2.97. The molecule has 3 heterocycles. The van der Waals surface area contributed by atoms with E-state index < -0.39 is 0 Å². The molecule has 1 fully saturated rings. The number of aromatic nitrogens is 2. The average molecular weight is 302 g/mol. The van der Waals surface area contributed by atoms with Gasteiger partial charge >= 0.3 is 0 Å². The zero-order valence-corrected chi connectivity index (χ0v) is 12.8. The highest BCUT2D eigenvalue weighted by Crippen LogP contribution is 2.22. The monoisotopic (exact) mass is 302 g/mol. The summed E-state index contributed by atoms with van der Waals surface area (Å²) in [6.07, 6.45) is 3.88. The van der Waals surface area contributed by atoms with Gasteiger partial charge in [0.15, 0.2) is 5.13 Å². The molecule has 6 heteroatoms. The van der Waals surface area contributed by atoms with Crippen LogP contribution in [0.3, 0.4) is 0 Å². The Morgan fingerprint density at radius 2 is 2.19 bits per heavy atom. The van der Waals surface area contributed by atoms with Gasteiger partial charge in [-0.05, 0) is 30.9 Å². The van der Waals surface area contributed by atoms with E-state index in [0.29, 0.717) is 16.7 Å². The Labute approximate surface area is 128 Å². The van der Waals surface area contributed by atoms with Gasteiger partial charge in [0.25, 0.3) is 5.91 Å². The van der Waals surface area contributed by atoms with E-state index in [4.69, 9.17) is 0 Å². The topological polar surface area (TPSA) is 58.1 Å². The molecule has 1 aliphatic rings. The highest BCUT2D eigenvalue weighted by molar-refractivity contribution is 7.14. The van der Waals surface area contributed by atoms with E-state index in [-0.39, 0.29) is 5.91 Å². The second-order valence-electron chi connectivity index (χ2n) is 5.35. The number of anilines is 2. The van der Waals surface area contributed by atoms with Crippen LogP contribution in [0.5, 0.6) is 0 Å². The van der Waals surface area contributed by atoms with Crippen LogP contribution in [0.1, 0.15) is 30.3 Å². The lowest BCUT2D eigenvalue weighted by Gasteiger charge is -2.29. The first kappa shape index (κ1) is 14.0. The maximum atomic E-state index is 12.4. The molecule has 5 nitrogen and oxygen atoms in total. The first-order chi connectivity index (χ1) is 10.2. The van der Waals surface area contributed by atoms with Crippen molar-refractivity contribution < 1.29 is 4.79 Å². The maximum absolute atomic E-state index is 12.4. The van der Waals surface area contributed by atoms with E-state index in [1.54, 1.807) is 6.20 Å². The summed E-state index contributed by atoms with van der Waals surface area (Å²) < 4.78 is 0. The van der Waals surface area contributed by atoms with Crippen molar-refractivity contribution in [3.05, 3.63) is 35.5 Å². The number of hydrogen-bond acceptors (Lipinski definition) is 5. The molecule has 0 aliphatic carbocycles. The smallest absolute Gasteiger partial charge is 0.273 e. The SMILES string of the molecule is CC1CCN(C(=O)c2csc(Nc3ccccn3)n2)CC1. The highest BCUT2D eigenvalue weighted by Gasteiger charge is 2.23. The quantitative estimate of drug-likeness (QED) is 0.946. The maximum Gasteiger partial charge on any atom is 0.273 e. The summed E-state index contributed by atoms with van der Waals surface area (Å²) >= 11 is 1.43. The molecule has 0 radical (unpaired) electrons. The Morgan fingerprint density at radius 1 is 1.38 bits per heavy atom. The first-order valence-corrected chi connectivity index (χ1v) is 8.03. The van der Waals surface area contributed by atoms with Gasteiger partial charge in [-0.15, -0.1) is 11.3 Å². The van der Waals surface area contributed by atoms with E-state index in [1.165, 1.54) is 11.3 Å². The van der Waals surface area contributed by atoms with Gasteiger partial charge in [-0.1, -0.05) is 13.0 Å². The fraction of sp³-hybridized carbons (Fsp3) is 0.400. The van der Waals surface area contributed by atoms with Crippen LogP contribution in [0.4, 0.5) is 10.9 Å². The molecule has 0 saturated carbocycles. The Hall–Kier alpha value is -1.95. The molecule has 1 amide bonds. The van der Waals surface area contributed by atoms with Crippen molar-refractivity contribution in [1.82, 2.24) is 14.9 Å². The van der Waals surface area contributed by atoms with Crippen molar-refractivity contribution in [3.8, 4) is 0 Å². The second-order valence-corrected chi connectivity index (χ2v) is 6.21. The predicted molar refractivity (Wildman–Crippen MR) is 83.9 cm³/mol. The number of piperidine rings is 1. The molecular formula is C15H18N4OS. The third-order valence-corrected chi connectivity index (χ3v) is 4.45. The van der Waals surface area contributed by atoms with Crippen LogP contribution in [0, 0.1) is 5.92 Å². The lowest BCUT2D eigenvalue weighted by atomic mass is 9.99. The third kappa shape index (κ3) is 3.39. The standard InChI is InChI=1S/C15H18N4OS/c1-11-5-8-19(9-6-11)14(20)12-10-21-15(17-12)18-13-4-2-3-7-16-13/h2-4,7,10-11H,5-6,8-9H2,1H3,(H,16,17,18). The molecule has 0 atom stereocenters. The summed E-state index contributed by atoms with van der Waals surface area (Å²) in [6.45, 7) is 3.90. The molecule has 2 aromatic rings. The normalized spacial score (nSPS) is 16.0. The number of likely N-dealkylation sites (tertiary alicyclic amines) is 1. The minimum atomic E-state index is 0.0345. The van der Waals surface area contributed by atoms with Crippen molar-refractivity contribution in [2.45, 2.75) is 19.8 Å². The zero-order chi connectivity index (χ0) is 14.7. The summed E-state index contributed by atoms with van der Waals surface area (Å²) in [5.74, 6) is 1.48. The fourth-order valence-corrected chi connectivity index (χ4v) is 3.04. The van der Waals surface area contributed by atoms with Gasteiger partial charge in [-0.25, -0.2) is 9.97 Å². The molecule has 0 spiro atoms.